The number of nitrogens with one attached hydrogen (secondary N) is 1. The highest BCUT2D eigenvalue weighted by atomic mass is 32.1. The van der Waals surface area contributed by atoms with Crippen molar-refractivity contribution in [3.63, 3.8) is 0 Å². The van der Waals surface area contributed by atoms with Crippen LogP contribution in [0.5, 0.6) is 0 Å². The Kier molecular flexibility index (Phi) is 4.32. The molecule has 2 aromatic rings. The number of aromatic nitrogens is 2. The number of hydrogen-bond acceptors (Lipinski definition) is 4. The zero-order valence-corrected chi connectivity index (χ0v) is 13.1. The lowest BCUT2D eigenvalue weighted by Crippen LogP contribution is -2.23. The third-order valence-electron chi connectivity index (χ3n) is 3.55. The Morgan fingerprint density at radius 1 is 1.11 bits per heavy atom. The Labute approximate surface area is 119 Å². The summed E-state index contributed by atoms with van der Waals surface area (Å²) >= 11 is 1.49. The van der Waals surface area contributed by atoms with E-state index in [1.807, 2.05) is 6.92 Å². The minimum atomic E-state index is 0.198. The Balaban J connectivity index is 2.51. The van der Waals surface area contributed by atoms with Crippen LogP contribution in [-0.4, -0.2) is 16.1 Å². The van der Waals surface area contributed by atoms with Gasteiger partial charge in [0.15, 0.2) is 0 Å². The van der Waals surface area contributed by atoms with Gasteiger partial charge in [-0.1, -0.05) is 23.5 Å². The largest absolute Gasteiger partial charge is 0.306 e. The zero-order valence-electron chi connectivity index (χ0n) is 12.2. The van der Waals surface area contributed by atoms with Crippen LogP contribution < -0.4 is 5.32 Å². The fraction of sp³-hybridized carbons (Fsp3) is 0.467. The third-order valence-corrected chi connectivity index (χ3v) is 4.44. The van der Waals surface area contributed by atoms with Gasteiger partial charge in [0.1, 0.15) is 0 Å². The maximum absolute atomic E-state index is 4.14. The molecule has 1 atom stereocenters. The summed E-state index contributed by atoms with van der Waals surface area (Å²) in [6.45, 7) is 11.6. The Bertz CT molecular complexity index is 575. The van der Waals surface area contributed by atoms with Gasteiger partial charge in [-0.3, -0.25) is 0 Å². The average molecular weight is 275 g/mol. The van der Waals surface area contributed by atoms with E-state index < -0.39 is 0 Å². The Hall–Kier alpha value is -1.26. The lowest BCUT2D eigenvalue weighted by molar-refractivity contribution is 0.632. The number of benzene rings is 1. The molecule has 0 radical (unpaired) electrons. The summed E-state index contributed by atoms with van der Waals surface area (Å²) in [6.07, 6.45) is 0. The van der Waals surface area contributed by atoms with Crippen molar-refractivity contribution in [1.82, 2.24) is 14.9 Å². The maximum atomic E-state index is 4.14. The second-order valence-corrected chi connectivity index (χ2v) is 5.79. The van der Waals surface area contributed by atoms with Crippen LogP contribution in [0.2, 0.25) is 0 Å². The molecule has 0 spiro atoms. The Morgan fingerprint density at radius 3 is 2.37 bits per heavy atom. The first kappa shape index (κ1) is 14.2. The minimum Gasteiger partial charge on any atom is -0.306 e. The van der Waals surface area contributed by atoms with Gasteiger partial charge in [0.25, 0.3) is 0 Å². The van der Waals surface area contributed by atoms with E-state index in [1.165, 1.54) is 38.7 Å². The summed E-state index contributed by atoms with van der Waals surface area (Å²) in [4.78, 5) is 1.22. The SMILES string of the molecule is CCNC(c1cc(C)c(C)cc1C)c1snnc1C. The van der Waals surface area contributed by atoms with Gasteiger partial charge < -0.3 is 5.32 Å². The molecular formula is C15H21N3S. The van der Waals surface area contributed by atoms with Crippen molar-refractivity contribution in [1.29, 1.82) is 0 Å². The van der Waals surface area contributed by atoms with Gasteiger partial charge in [0.2, 0.25) is 0 Å². The average Bonchev–Trinajstić information content (AvgIpc) is 2.77. The van der Waals surface area contributed by atoms with Gasteiger partial charge in [0.05, 0.1) is 16.6 Å². The first-order chi connectivity index (χ1) is 9.04. The topological polar surface area (TPSA) is 37.8 Å². The summed E-state index contributed by atoms with van der Waals surface area (Å²) in [5.41, 5.74) is 6.35. The Morgan fingerprint density at radius 2 is 1.79 bits per heavy atom. The molecule has 0 aliphatic heterocycles. The molecule has 1 unspecified atom stereocenters. The van der Waals surface area contributed by atoms with Gasteiger partial charge in [-0.15, -0.1) is 5.10 Å². The van der Waals surface area contributed by atoms with E-state index in [0.717, 1.165) is 12.2 Å². The van der Waals surface area contributed by atoms with Crippen LogP contribution in [0, 0.1) is 27.7 Å². The highest BCUT2D eigenvalue weighted by molar-refractivity contribution is 7.05. The molecule has 0 amide bonds. The van der Waals surface area contributed by atoms with E-state index in [9.17, 15) is 0 Å². The minimum absolute atomic E-state index is 0.198. The first-order valence-corrected chi connectivity index (χ1v) is 7.42. The highest BCUT2D eigenvalue weighted by Gasteiger charge is 2.20. The van der Waals surface area contributed by atoms with Gasteiger partial charge in [-0.2, -0.15) is 0 Å². The molecule has 0 saturated carbocycles. The molecule has 1 aromatic heterocycles. The summed E-state index contributed by atoms with van der Waals surface area (Å²) in [6, 6.07) is 4.75. The van der Waals surface area contributed by atoms with Crippen LogP contribution in [0.25, 0.3) is 0 Å². The van der Waals surface area contributed by atoms with Crippen molar-refractivity contribution in [3.05, 3.63) is 45.0 Å². The molecule has 3 nitrogen and oxygen atoms in total. The number of aryl methyl sites for hydroxylation is 4. The van der Waals surface area contributed by atoms with Crippen LogP contribution in [-0.2, 0) is 0 Å². The molecule has 0 bridgehead atoms. The standard InChI is InChI=1S/C15H21N3S/c1-6-16-14(15-12(5)17-18-19-15)13-8-10(3)9(2)7-11(13)4/h7-8,14,16H,6H2,1-5H3. The van der Waals surface area contributed by atoms with Crippen molar-refractivity contribution in [2.75, 3.05) is 6.54 Å². The monoisotopic (exact) mass is 275 g/mol. The normalized spacial score (nSPS) is 12.7. The predicted octanol–water partition coefficient (Wildman–Crippen LogP) is 3.47. The van der Waals surface area contributed by atoms with E-state index in [4.69, 9.17) is 0 Å². The molecule has 0 aliphatic rings. The van der Waals surface area contributed by atoms with E-state index in [2.05, 4.69) is 54.7 Å². The molecule has 0 aliphatic carbocycles. The number of hydrogen-bond donors (Lipinski definition) is 1. The zero-order chi connectivity index (χ0) is 14.0. The van der Waals surface area contributed by atoms with Crippen molar-refractivity contribution < 1.29 is 0 Å². The van der Waals surface area contributed by atoms with E-state index in [0.29, 0.717) is 0 Å². The third kappa shape index (κ3) is 2.85. The van der Waals surface area contributed by atoms with Crippen LogP contribution >= 0.6 is 11.5 Å². The van der Waals surface area contributed by atoms with Gasteiger partial charge in [0, 0.05) is 0 Å². The first-order valence-electron chi connectivity index (χ1n) is 6.64. The lowest BCUT2D eigenvalue weighted by atomic mass is 9.94. The molecule has 2 rings (SSSR count). The molecule has 102 valence electrons. The van der Waals surface area contributed by atoms with Crippen molar-refractivity contribution in [2.45, 2.75) is 40.7 Å². The summed E-state index contributed by atoms with van der Waals surface area (Å²) < 4.78 is 4.07. The number of rotatable bonds is 4. The fourth-order valence-corrected chi connectivity index (χ4v) is 3.08. The van der Waals surface area contributed by atoms with Crippen molar-refractivity contribution >= 4 is 11.5 Å². The van der Waals surface area contributed by atoms with Crippen LogP contribution in [0.15, 0.2) is 12.1 Å². The van der Waals surface area contributed by atoms with E-state index in [1.54, 1.807) is 0 Å². The fourth-order valence-electron chi connectivity index (χ4n) is 2.34. The highest BCUT2D eigenvalue weighted by Crippen LogP contribution is 2.30. The summed E-state index contributed by atoms with van der Waals surface area (Å²) in [5.74, 6) is 0. The maximum Gasteiger partial charge on any atom is 0.0776 e. The van der Waals surface area contributed by atoms with E-state index in [-0.39, 0.29) is 6.04 Å². The molecule has 1 aromatic carbocycles. The van der Waals surface area contributed by atoms with Crippen LogP contribution in [0.1, 0.15) is 45.8 Å². The molecule has 0 saturated heterocycles. The van der Waals surface area contributed by atoms with Gasteiger partial charge in [-0.25, -0.2) is 0 Å². The predicted molar refractivity (Wildman–Crippen MR) is 80.8 cm³/mol. The van der Waals surface area contributed by atoms with Gasteiger partial charge in [-0.05, 0) is 68.0 Å². The quantitative estimate of drug-likeness (QED) is 0.928. The summed E-state index contributed by atoms with van der Waals surface area (Å²) in [7, 11) is 0. The van der Waals surface area contributed by atoms with E-state index >= 15 is 0 Å². The lowest BCUT2D eigenvalue weighted by Gasteiger charge is -2.20. The van der Waals surface area contributed by atoms with Crippen molar-refractivity contribution in [2.24, 2.45) is 0 Å². The van der Waals surface area contributed by atoms with Crippen molar-refractivity contribution in [3.8, 4) is 0 Å². The summed E-state index contributed by atoms with van der Waals surface area (Å²) in [5, 5.41) is 7.70. The number of nitrogens with zero attached hydrogens (tertiary/aromatic N) is 2. The van der Waals surface area contributed by atoms with Crippen LogP contribution in [0.3, 0.4) is 0 Å². The second kappa shape index (κ2) is 5.80. The molecule has 1 N–H and O–H groups in total. The van der Waals surface area contributed by atoms with Crippen LogP contribution in [0.4, 0.5) is 0 Å². The molecule has 4 heteroatoms. The smallest absolute Gasteiger partial charge is 0.0776 e. The molecule has 0 fully saturated rings. The molecule has 19 heavy (non-hydrogen) atoms. The molecular weight excluding hydrogens is 254 g/mol. The molecule has 1 heterocycles. The van der Waals surface area contributed by atoms with Gasteiger partial charge >= 0.3 is 0 Å². The second-order valence-electron chi connectivity index (χ2n) is 5.01.